The highest BCUT2D eigenvalue weighted by Gasteiger charge is 2.23. The van der Waals surface area contributed by atoms with Crippen LogP contribution in [0, 0.1) is 15.9 Å². The maximum Gasteiger partial charge on any atom is 0.293 e. The molecular weight excluding hydrogens is 423 g/mol. The van der Waals surface area contributed by atoms with Crippen molar-refractivity contribution < 1.29 is 18.8 Å². The zero-order valence-electron chi connectivity index (χ0n) is 15.0. The van der Waals surface area contributed by atoms with E-state index in [4.69, 9.17) is 28.6 Å². The van der Waals surface area contributed by atoms with Crippen molar-refractivity contribution in [3.05, 3.63) is 62.9 Å². The second-order valence-corrected chi connectivity index (χ2v) is 6.91. The number of hydrogen-bond donors (Lipinski definition) is 2. The van der Waals surface area contributed by atoms with Crippen LogP contribution in [0.5, 0.6) is 0 Å². The van der Waals surface area contributed by atoms with E-state index in [0.717, 1.165) is 6.07 Å². The molecule has 0 atom stereocenters. The third-order valence-corrected chi connectivity index (χ3v) is 4.68. The van der Waals surface area contributed by atoms with Gasteiger partial charge in [0.1, 0.15) is 11.5 Å². The molecular formula is C18H16ClFN4O4S. The summed E-state index contributed by atoms with van der Waals surface area (Å²) >= 11 is 10.8. The second kappa shape index (κ2) is 9.12. The van der Waals surface area contributed by atoms with Crippen molar-refractivity contribution in [3.8, 4) is 0 Å². The molecule has 29 heavy (non-hydrogen) atoms. The highest BCUT2D eigenvalue weighted by Crippen LogP contribution is 2.30. The molecule has 0 radical (unpaired) electrons. The summed E-state index contributed by atoms with van der Waals surface area (Å²) in [5, 5.41) is 16.5. The van der Waals surface area contributed by atoms with Gasteiger partial charge in [-0.1, -0.05) is 11.6 Å². The highest BCUT2D eigenvalue weighted by atomic mass is 35.5. The summed E-state index contributed by atoms with van der Waals surface area (Å²) < 4.78 is 18.5. The Bertz CT molecular complexity index is 969. The number of carbonyl (C=O) groups is 1. The topological polar surface area (TPSA) is 96.7 Å². The quantitative estimate of drug-likeness (QED) is 0.429. The van der Waals surface area contributed by atoms with Crippen molar-refractivity contribution in [3.63, 3.8) is 0 Å². The fourth-order valence-electron chi connectivity index (χ4n) is 2.79. The number of rotatable bonds is 4. The third-order valence-electron chi connectivity index (χ3n) is 4.19. The monoisotopic (exact) mass is 438 g/mol. The summed E-state index contributed by atoms with van der Waals surface area (Å²) in [4.78, 5) is 25.3. The lowest BCUT2D eigenvalue weighted by Crippen LogP contribution is -2.37. The van der Waals surface area contributed by atoms with Gasteiger partial charge in [-0.3, -0.25) is 20.2 Å². The number of nitro groups is 1. The molecule has 3 rings (SSSR count). The fourth-order valence-corrected chi connectivity index (χ4v) is 3.19. The normalized spacial score (nSPS) is 13.7. The van der Waals surface area contributed by atoms with E-state index in [0.29, 0.717) is 37.7 Å². The van der Waals surface area contributed by atoms with E-state index in [9.17, 15) is 19.3 Å². The third kappa shape index (κ3) is 5.17. The minimum Gasteiger partial charge on any atom is -0.378 e. The average Bonchev–Trinajstić information content (AvgIpc) is 2.70. The summed E-state index contributed by atoms with van der Waals surface area (Å²) in [7, 11) is 0. The van der Waals surface area contributed by atoms with Gasteiger partial charge in [-0.15, -0.1) is 0 Å². The number of hydrogen-bond acceptors (Lipinski definition) is 6. The van der Waals surface area contributed by atoms with Crippen LogP contribution >= 0.6 is 23.8 Å². The molecule has 0 unspecified atom stereocenters. The van der Waals surface area contributed by atoms with Gasteiger partial charge in [0.15, 0.2) is 5.11 Å². The molecule has 8 nitrogen and oxygen atoms in total. The molecule has 0 aliphatic carbocycles. The van der Waals surface area contributed by atoms with Crippen molar-refractivity contribution >= 4 is 51.9 Å². The zero-order valence-corrected chi connectivity index (χ0v) is 16.6. The molecule has 0 bridgehead atoms. The molecule has 1 amide bonds. The van der Waals surface area contributed by atoms with Crippen LogP contribution in [0.2, 0.25) is 5.02 Å². The number of nitro benzene ring substituents is 1. The van der Waals surface area contributed by atoms with Gasteiger partial charge < -0.3 is 15.0 Å². The first-order chi connectivity index (χ1) is 13.8. The summed E-state index contributed by atoms with van der Waals surface area (Å²) in [6.07, 6.45) is 0. The Hall–Kier alpha value is -2.82. The van der Waals surface area contributed by atoms with Gasteiger partial charge >= 0.3 is 0 Å². The van der Waals surface area contributed by atoms with Crippen LogP contribution in [-0.4, -0.2) is 42.2 Å². The molecule has 1 saturated heterocycles. The van der Waals surface area contributed by atoms with Gasteiger partial charge in [0, 0.05) is 30.4 Å². The molecule has 0 spiro atoms. The molecule has 2 N–H and O–H groups in total. The van der Waals surface area contributed by atoms with Crippen molar-refractivity contribution in [2.75, 3.05) is 36.5 Å². The fraction of sp³-hybridized carbons (Fsp3) is 0.222. The molecule has 1 heterocycles. The maximum atomic E-state index is 13.2. The average molecular weight is 439 g/mol. The molecule has 2 aromatic rings. The SMILES string of the molecule is O=C(NC(=S)Nc1ccc(F)c(Cl)c1)c1ccc(N2CCOCC2)c([N+](=O)[O-])c1. The van der Waals surface area contributed by atoms with Crippen LogP contribution in [0.3, 0.4) is 0 Å². The van der Waals surface area contributed by atoms with Gasteiger partial charge in [-0.05, 0) is 42.5 Å². The van der Waals surface area contributed by atoms with E-state index >= 15 is 0 Å². The van der Waals surface area contributed by atoms with E-state index in [1.54, 1.807) is 0 Å². The predicted molar refractivity (Wildman–Crippen MR) is 111 cm³/mol. The largest absolute Gasteiger partial charge is 0.378 e. The lowest BCUT2D eigenvalue weighted by Gasteiger charge is -2.28. The molecule has 1 fully saturated rings. The van der Waals surface area contributed by atoms with Gasteiger partial charge in [-0.25, -0.2) is 4.39 Å². The van der Waals surface area contributed by atoms with Crippen molar-refractivity contribution in [2.24, 2.45) is 0 Å². The smallest absolute Gasteiger partial charge is 0.293 e. The summed E-state index contributed by atoms with van der Waals surface area (Å²) in [5.74, 6) is -1.20. The summed E-state index contributed by atoms with van der Waals surface area (Å²) in [6.45, 7) is 2.01. The molecule has 152 valence electrons. The van der Waals surface area contributed by atoms with E-state index < -0.39 is 16.6 Å². The molecule has 1 aliphatic rings. The number of amides is 1. The number of nitrogens with one attached hydrogen (secondary N) is 2. The molecule has 0 saturated carbocycles. The molecule has 11 heteroatoms. The number of halogens is 2. The van der Waals surface area contributed by atoms with E-state index in [1.165, 1.54) is 30.3 Å². The highest BCUT2D eigenvalue weighted by molar-refractivity contribution is 7.80. The molecule has 0 aromatic heterocycles. The van der Waals surface area contributed by atoms with Crippen molar-refractivity contribution in [1.29, 1.82) is 0 Å². The number of anilines is 2. The number of benzene rings is 2. The van der Waals surface area contributed by atoms with Crippen LogP contribution < -0.4 is 15.5 Å². The Morgan fingerprint density at radius 1 is 1.24 bits per heavy atom. The Labute approximate surface area is 175 Å². The van der Waals surface area contributed by atoms with Gasteiger partial charge in [0.05, 0.1) is 23.2 Å². The molecule has 1 aliphatic heterocycles. The summed E-state index contributed by atoms with van der Waals surface area (Å²) in [5.41, 5.74) is 0.714. The summed E-state index contributed by atoms with van der Waals surface area (Å²) in [6, 6.07) is 8.11. The standard InChI is InChI=1S/C18H16ClFN4O4S/c19-13-10-12(2-3-14(13)20)21-18(29)22-17(25)11-1-4-15(16(9-11)24(26)27)23-5-7-28-8-6-23/h1-4,9-10H,5-8H2,(H2,21,22,25,29). The van der Waals surface area contributed by atoms with Crippen LogP contribution in [0.4, 0.5) is 21.5 Å². The number of ether oxygens (including phenoxy) is 1. The van der Waals surface area contributed by atoms with Crippen molar-refractivity contribution in [2.45, 2.75) is 0 Å². The van der Waals surface area contributed by atoms with E-state index in [2.05, 4.69) is 10.6 Å². The van der Waals surface area contributed by atoms with Crippen LogP contribution in [-0.2, 0) is 4.74 Å². The lowest BCUT2D eigenvalue weighted by molar-refractivity contribution is -0.384. The Morgan fingerprint density at radius 3 is 2.62 bits per heavy atom. The number of morpholine rings is 1. The minimum atomic E-state index is -0.618. The van der Waals surface area contributed by atoms with Crippen LogP contribution in [0.15, 0.2) is 36.4 Å². The van der Waals surface area contributed by atoms with Crippen molar-refractivity contribution in [1.82, 2.24) is 5.32 Å². The molecule has 2 aromatic carbocycles. The minimum absolute atomic E-state index is 0.0578. The van der Waals surface area contributed by atoms with Gasteiger partial charge in [0.25, 0.3) is 11.6 Å². The van der Waals surface area contributed by atoms with Gasteiger partial charge in [0.2, 0.25) is 0 Å². The number of thiocarbonyl (C=S) groups is 1. The van der Waals surface area contributed by atoms with E-state index in [-0.39, 0.29) is 21.4 Å². The Kier molecular flexibility index (Phi) is 6.57. The first-order valence-corrected chi connectivity index (χ1v) is 9.32. The second-order valence-electron chi connectivity index (χ2n) is 6.10. The van der Waals surface area contributed by atoms with E-state index in [1.807, 2.05) is 4.90 Å². The maximum absolute atomic E-state index is 13.2. The number of carbonyl (C=O) groups excluding carboxylic acids is 1. The lowest BCUT2D eigenvalue weighted by atomic mass is 10.1. The first kappa shape index (κ1) is 20.9. The zero-order chi connectivity index (χ0) is 21.0. The number of nitrogens with zero attached hydrogens (tertiary/aromatic N) is 2. The Morgan fingerprint density at radius 2 is 1.97 bits per heavy atom. The first-order valence-electron chi connectivity index (χ1n) is 8.53. The van der Waals surface area contributed by atoms with Gasteiger partial charge in [-0.2, -0.15) is 0 Å². The van der Waals surface area contributed by atoms with Crippen LogP contribution in [0.1, 0.15) is 10.4 Å². The Balaban J connectivity index is 1.72. The predicted octanol–water partition coefficient (Wildman–Crippen LogP) is 3.35. The van der Waals surface area contributed by atoms with Crippen LogP contribution in [0.25, 0.3) is 0 Å².